The van der Waals surface area contributed by atoms with Gasteiger partial charge in [0.05, 0.1) is 7.11 Å². The van der Waals surface area contributed by atoms with Crippen LogP contribution < -0.4 is 0 Å². The van der Waals surface area contributed by atoms with E-state index in [1.807, 2.05) is 0 Å². The van der Waals surface area contributed by atoms with Gasteiger partial charge >= 0.3 is 0 Å². The molecule has 12 heavy (non-hydrogen) atoms. The predicted octanol–water partition coefficient (Wildman–Crippen LogP) is 3.14. The molecule has 1 atom stereocenters. The average molecular weight is 166 g/mol. The van der Waals surface area contributed by atoms with Gasteiger partial charge in [0.2, 0.25) is 0 Å². The highest BCUT2D eigenvalue weighted by molar-refractivity contribution is 5.19. The Morgan fingerprint density at radius 1 is 1.42 bits per heavy atom. The van der Waals surface area contributed by atoms with Crippen molar-refractivity contribution >= 4 is 0 Å². The number of allylic oxidation sites excluding steroid dienone is 3. The maximum Gasteiger partial charge on any atom is 0.114 e. The fourth-order valence-electron chi connectivity index (χ4n) is 1.39. The van der Waals surface area contributed by atoms with Gasteiger partial charge in [0, 0.05) is 0 Å². The van der Waals surface area contributed by atoms with Gasteiger partial charge in [0.1, 0.15) is 5.76 Å². The molecule has 1 heteroatoms. The van der Waals surface area contributed by atoms with Gasteiger partial charge in [-0.1, -0.05) is 26.8 Å². The second kappa shape index (κ2) is 3.34. The summed E-state index contributed by atoms with van der Waals surface area (Å²) in [6.45, 7) is 6.81. The van der Waals surface area contributed by atoms with Crippen molar-refractivity contribution in [3.05, 3.63) is 24.0 Å². The quantitative estimate of drug-likeness (QED) is 0.581. The highest BCUT2D eigenvalue weighted by Crippen LogP contribution is 2.32. The summed E-state index contributed by atoms with van der Waals surface area (Å²) in [4.78, 5) is 0. The summed E-state index contributed by atoms with van der Waals surface area (Å²) < 4.78 is 5.13. The molecular formula is C11H18O. The van der Waals surface area contributed by atoms with Crippen LogP contribution in [0.5, 0.6) is 0 Å². The Morgan fingerprint density at radius 3 is 2.42 bits per heavy atom. The largest absolute Gasteiger partial charge is 0.497 e. The van der Waals surface area contributed by atoms with Gasteiger partial charge in [0.25, 0.3) is 0 Å². The summed E-state index contributed by atoms with van der Waals surface area (Å²) in [6, 6.07) is 0. The Morgan fingerprint density at radius 2 is 2.08 bits per heavy atom. The molecule has 0 radical (unpaired) electrons. The van der Waals surface area contributed by atoms with Crippen LogP contribution in [0.2, 0.25) is 0 Å². The van der Waals surface area contributed by atoms with Crippen molar-refractivity contribution in [1.29, 1.82) is 0 Å². The lowest BCUT2D eigenvalue weighted by Crippen LogP contribution is -2.19. The topological polar surface area (TPSA) is 9.23 Å². The van der Waals surface area contributed by atoms with Crippen LogP contribution >= 0.6 is 0 Å². The van der Waals surface area contributed by atoms with Crippen LogP contribution in [0.3, 0.4) is 0 Å². The molecule has 0 saturated heterocycles. The van der Waals surface area contributed by atoms with Crippen LogP contribution in [0.1, 0.15) is 27.2 Å². The molecule has 1 aliphatic carbocycles. The van der Waals surface area contributed by atoms with Gasteiger partial charge in [-0.2, -0.15) is 0 Å². The normalized spacial score (nSPS) is 23.7. The molecule has 0 amide bonds. The highest BCUT2D eigenvalue weighted by atomic mass is 16.5. The van der Waals surface area contributed by atoms with Crippen LogP contribution in [-0.4, -0.2) is 7.11 Å². The van der Waals surface area contributed by atoms with E-state index < -0.39 is 0 Å². The molecule has 0 spiro atoms. The van der Waals surface area contributed by atoms with Crippen molar-refractivity contribution in [3.63, 3.8) is 0 Å². The van der Waals surface area contributed by atoms with Crippen LogP contribution in [-0.2, 0) is 4.74 Å². The molecule has 0 heterocycles. The van der Waals surface area contributed by atoms with Crippen LogP contribution in [0, 0.1) is 11.3 Å². The zero-order valence-corrected chi connectivity index (χ0v) is 8.42. The first-order valence-corrected chi connectivity index (χ1v) is 4.46. The standard InChI is InChI=1S/C11H18O/c1-11(2,3)9-5-7-10(12-4)8-6-9/h5,7-9H,6H2,1-4H3. The van der Waals surface area contributed by atoms with E-state index in [-0.39, 0.29) is 0 Å². The summed E-state index contributed by atoms with van der Waals surface area (Å²) >= 11 is 0. The van der Waals surface area contributed by atoms with Gasteiger partial charge in [-0.05, 0) is 29.9 Å². The van der Waals surface area contributed by atoms with Crippen LogP contribution in [0.25, 0.3) is 0 Å². The molecule has 0 aromatic carbocycles. The summed E-state index contributed by atoms with van der Waals surface area (Å²) in [6.07, 6.45) is 7.58. The fraction of sp³-hybridized carbons (Fsp3) is 0.636. The third kappa shape index (κ3) is 2.13. The molecule has 0 aromatic rings. The smallest absolute Gasteiger partial charge is 0.114 e. The molecule has 1 rings (SSSR count). The lowest BCUT2D eigenvalue weighted by atomic mass is 9.77. The number of rotatable bonds is 1. The maximum absolute atomic E-state index is 5.13. The predicted molar refractivity (Wildman–Crippen MR) is 51.8 cm³/mol. The second-order valence-electron chi connectivity index (χ2n) is 4.38. The number of methoxy groups -OCH3 is 1. The molecule has 0 saturated carbocycles. The number of hydrogen-bond donors (Lipinski definition) is 0. The minimum atomic E-state index is 0.367. The van der Waals surface area contributed by atoms with E-state index in [9.17, 15) is 0 Å². The Labute approximate surface area is 75.1 Å². The van der Waals surface area contributed by atoms with Crippen molar-refractivity contribution in [3.8, 4) is 0 Å². The molecule has 0 aromatic heterocycles. The average Bonchev–Trinajstić information content (AvgIpc) is 2.03. The van der Waals surface area contributed by atoms with Crippen molar-refractivity contribution in [2.75, 3.05) is 7.11 Å². The molecule has 0 aliphatic heterocycles. The summed E-state index contributed by atoms with van der Waals surface area (Å²) in [5.74, 6) is 1.65. The van der Waals surface area contributed by atoms with Gasteiger partial charge in [-0.25, -0.2) is 0 Å². The second-order valence-corrected chi connectivity index (χ2v) is 4.38. The molecule has 0 N–H and O–H groups in total. The first-order valence-electron chi connectivity index (χ1n) is 4.46. The van der Waals surface area contributed by atoms with E-state index in [0.717, 1.165) is 12.2 Å². The van der Waals surface area contributed by atoms with Crippen molar-refractivity contribution in [1.82, 2.24) is 0 Å². The first kappa shape index (κ1) is 9.37. The lowest BCUT2D eigenvalue weighted by molar-refractivity contribution is 0.270. The minimum absolute atomic E-state index is 0.367. The molecule has 1 nitrogen and oxygen atoms in total. The zero-order chi connectivity index (χ0) is 9.19. The Balaban J connectivity index is 2.60. The summed E-state index contributed by atoms with van der Waals surface area (Å²) in [5, 5.41) is 0. The minimum Gasteiger partial charge on any atom is -0.497 e. The molecule has 0 bridgehead atoms. The zero-order valence-electron chi connectivity index (χ0n) is 8.42. The monoisotopic (exact) mass is 166 g/mol. The third-order valence-corrected chi connectivity index (χ3v) is 2.41. The van der Waals surface area contributed by atoms with E-state index in [2.05, 4.69) is 39.0 Å². The van der Waals surface area contributed by atoms with Crippen molar-refractivity contribution in [2.24, 2.45) is 11.3 Å². The molecule has 1 aliphatic rings. The van der Waals surface area contributed by atoms with Gasteiger partial charge in [-0.15, -0.1) is 0 Å². The van der Waals surface area contributed by atoms with Crippen LogP contribution in [0.4, 0.5) is 0 Å². The van der Waals surface area contributed by atoms with E-state index in [1.165, 1.54) is 0 Å². The molecular weight excluding hydrogens is 148 g/mol. The Kier molecular flexibility index (Phi) is 2.61. The fourth-order valence-corrected chi connectivity index (χ4v) is 1.39. The molecule has 0 fully saturated rings. The summed E-state index contributed by atoms with van der Waals surface area (Å²) in [5.41, 5.74) is 0.367. The van der Waals surface area contributed by atoms with Crippen LogP contribution in [0.15, 0.2) is 24.0 Å². The Bertz CT molecular complexity index is 206. The third-order valence-electron chi connectivity index (χ3n) is 2.41. The molecule has 68 valence electrons. The first-order chi connectivity index (χ1) is 5.54. The van der Waals surface area contributed by atoms with E-state index in [4.69, 9.17) is 4.74 Å². The van der Waals surface area contributed by atoms with Crippen molar-refractivity contribution < 1.29 is 4.74 Å². The van der Waals surface area contributed by atoms with E-state index in [0.29, 0.717) is 11.3 Å². The highest BCUT2D eigenvalue weighted by Gasteiger charge is 2.22. The SMILES string of the molecule is COC1=CCC(C(C)(C)C)C=C1. The van der Waals surface area contributed by atoms with Crippen molar-refractivity contribution in [2.45, 2.75) is 27.2 Å². The number of ether oxygens (including phenoxy) is 1. The van der Waals surface area contributed by atoms with E-state index >= 15 is 0 Å². The molecule has 1 unspecified atom stereocenters. The van der Waals surface area contributed by atoms with Gasteiger partial charge in [0.15, 0.2) is 0 Å². The number of hydrogen-bond acceptors (Lipinski definition) is 1. The van der Waals surface area contributed by atoms with Gasteiger partial charge < -0.3 is 4.74 Å². The lowest BCUT2D eigenvalue weighted by Gasteiger charge is -2.29. The maximum atomic E-state index is 5.13. The summed E-state index contributed by atoms with van der Waals surface area (Å²) in [7, 11) is 1.72. The van der Waals surface area contributed by atoms with E-state index in [1.54, 1.807) is 7.11 Å². The van der Waals surface area contributed by atoms with Gasteiger partial charge in [-0.3, -0.25) is 0 Å². The Hall–Kier alpha value is -0.720.